The molecule has 1 aromatic heterocycles. The van der Waals surface area contributed by atoms with Crippen molar-refractivity contribution in [2.45, 2.75) is 19.9 Å². The molecular weight excluding hydrogens is 314 g/mol. The van der Waals surface area contributed by atoms with Crippen LogP contribution < -0.4 is 10.4 Å². The van der Waals surface area contributed by atoms with Crippen molar-refractivity contribution in [2.24, 2.45) is 0 Å². The van der Waals surface area contributed by atoms with Crippen molar-refractivity contribution in [2.75, 3.05) is 5.01 Å². The summed E-state index contributed by atoms with van der Waals surface area (Å²) in [5.41, 5.74) is 5.63. The van der Waals surface area contributed by atoms with Gasteiger partial charge in [-0.05, 0) is 37.6 Å². The third kappa shape index (κ3) is 2.84. The molecular formula is C16H14ClN5O. The molecule has 2 heterocycles. The van der Waals surface area contributed by atoms with Gasteiger partial charge >= 0.3 is 0 Å². The number of rotatable bonds is 2. The summed E-state index contributed by atoms with van der Waals surface area (Å²) >= 11 is 5.90. The Morgan fingerprint density at radius 1 is 1.22 bits per heavy atom. The van der Waals surface area contributed by atoms with Gasteiger partial charge in [0.15, 0.2) is 0 Å². The van der Waals surface area contributed by atoms with E-state index in [4.69, 9.17) is 11.6 Å². The topological polar surface area (TPSA) is 85.1 Å². The number of hydrogen-bond acceptors (Lipinski definition) is 6. The van der Waals surface area contributed by atoms with Gasteiger partial charge in [0.2, 0.25) is 11.8 Å². The summed E-state index contributed by atoms with van der Waals surface area (Å²) in [5.74, 6) is 0.0988. The Bertz CT molecular complexity index is 805. The molecule has 7 heteroatoms. The van der Waals surface area contributed by atoms with E-state index in [2.05, 4.69) is 15.4 Å². The average Bonchev–Trinajstić information content (AvgIpc) is 2.84. The molecule has 1 aliphatic heterocycles. The Balaban J connectivity index is 2.01. The molecule has 0 spiro atoms. The minimum Gasteiger partial charge on any atom is -0.493 e. The largest absolute Gasteiger partial charge is 0.493 e. The zero-order valence-electron chi connectivity index (χ0n) is 12.6. The van der Waals surface area contributed by atoms with Crippen LogP contribution in [0.25, 0.3) is 0 Å². The van der Waals surface area contributed by atoms with Crippen LogP contribution in [0.3, 0.4) is 0 Å². The van der Waals surface area contributed by atoms with Crippen LogP contribution in [0.15, 0.2) is 41.8 Å². The lowest BCUT2D eigenvalue weighted by molar-refractivity contribution is 0.385. The lowest BCUT2D eigenvalue weighted by Gasteiger charge is -2.19. The van der Waals surface area contributed by atoms with E-state index in [-0.39, 0.29) is 11.5 Å². The van der Waals surface area contributed by atoms with Gasteiger partial charge in [-0.25, -0.2) is 20.4 Å². The maximum atomic E-state index is 10.4. The van der Waals surface area contributed by atoms with Crippen molar-refractivity contribution < 1.29 is 5.11 Å². The van der Waals surface area contributed by atoms with Gasteiger partial charge in [0.25, 0.3) is 0 Å². The number of aliphatic hydroxyl groups excluding tert-OH is 1. The lowest BCUT2D eigenvalue weighted by Crippen LogP contribution is -2.35. The van der Waals surface area contributed by atoms with E-state index in [0.29, 0.717) is 11.0 Å². The molecule has 23 heavy (non-hydrogen) atoms. The van der Waals surface area contributed by atoms with Gasteiger partial charge in [-0.3, -0.25) is 0 Å². The molecule has 0 aliphatic carbocycles. The molecule has 1 aromatic carbocycles. The highest BCUT2D eigenvalue weighted by molar-refractivity contribution is 6.30. The fourth-order valence-electron chi connectivity index (χ4n) is 2.48. The number of aliphatic hydroxyl groups is 1. The SMILES string of the molecule is Cc1cc(C)nc(N2N[C@H](c3ccc(Cl)cc3)C(C#N)=C2O)n1. The maximum absolute atomic E-state index is 10.4. The average molecular weight is 328 g/mol. The van der Waals surface area contributed by atoms with E-state index in [1.807, 2.05) is 26.0 Å². The Labute approximate surface area is 138 Å². The maximum Gasteiger partial charge on any atom is 0.247 e. The second-order valence-corrected chi connectivity index (χ2v) is 5.69. The second kappa shape index (κ2) is 5.88. The minimum atomic E-state index is -0.485. The predicted octanol–water partition coefficient (Wildman–Crippen LogP) is 3.11. The first-order chi connectivity index (χ1) is 11.0. The monoisotopic (exact) mass is 327 g/mol. The molecule has 1 atom stereocenters. The van der Waals surface area contributed by atoms with Crippen LogP contribution in [0, 0.1) is 25.2 Å². The van der Waals surface area contributed by atoms with Crippen molar-refractivity contribution in [3.8, 4) is 6.07 Å². The van der Waals surface area contributed by atoms with Crippen LogP contribution in [-0.4, -0.2) is 15.1 Å². The number of aromatic nitrogens is 2. The summed E-state index contributed by atoms with van der Waals surface area (Å²) in [6.07, 6.45) is 0. The van der Waals surface area contributed by atoms with Gasteiger partial charge in [-0.2, -0.15) is 5.26 Å². The van der Waals surface area contributed by atoms with Crippen LogP contribution in [0.1, 0.15) is 23.0 Å². The van der Waals surface area contributed by atoms with Crippen molar-refractivity contribution in [1.82, 2.24) is 15.4 Å². The number of halogens is 1. The van der Waals surface area contributed by atoms with E-state index in [1.54, 1.807) is 24.3 Å². The highest BCUT2D eigenvalue weighted by Gasteiger charge is 2.35. The lowest BCUT2D eigenvalue weighted by atomic mass is 10.0. The van der Waals surface area contributed by atoms with Crippen molar-refractivity contribution >= 4 is 17.5 Å². The number of nitriles is 1. The second-order valence-electron chi connectivity index (χ2n) is 5.25. The normalized spacial score (nSPS) is 17.5. The van der Waals surface area contributed by atoms with E-state index in [0.717, 1.165) is 17.0 Å². The first kappa shape index (κ1) is 15.3. The van der Waals surface area contributed by atoms with E-state index in [1.165, 1.54) is 5.01 Å². The quantitative estimate of drug-likeness (QED) is 0.881. The Hall–Kier alpha value is -2.62. The van der Waals surface area contributed by atoms with Gasteiger partial charge in [0.05, 0.1) is 6.04 Å². The number of nitrogens with zero attached hydrogens (tertiary/aromatic N) is 4. The number of benzene rings is 1. The third-order valence-corrected chi connectivity index (χ3v) is 3.75. The summed E-state index contributed by atoms with van der Waals surface area (Å²) in [4.78, 5) is 8.61. The molecule has 6 nitrogen and oxygen atoms in total. The fourth-order valence-corrected chi connectivity index (χ4v) is 2.60. The Kier molecular flexibility index (Phi) is 3.90. The highest BCUT2D eigenvalue weighted by atomic mass is 35.5. The number of hydrazine groups is 1. The van der Waals surface area contributed by atoms with Gasteiger partial charge in [-0.1, -0.05) is 23.7 Å². The molecule has 0 radical (unpaired) electrons. The number of aryl methyl sites for hydroxylation is 2. The standard InChI is InChI=1S/C16H14ClN5O/c1-9-7-10(2)20-16(19-9)22-15(23)13(8-18)14(21-22)11-3-5-12(17)6-4-11/h3-7,14,21,23H,1-2H3/t14-/m1/s1. The van der Waals surface area contributed by atoms with Crippen molar-refractivity contribution in [1.29, 1.82) is 5.26 Å². The molecule has 0 bridgehead atoms. The summed E-state index contributed by atoms with van der Waals surface area (Å²) in [5, 5.41) is 21.7. The zero-order valence-corrected chi connectivity index (χ0v) is 13.3. The summed E-state index contributed by atoms with van der Waals surface area (Å²) in [6, 6.07) is 10.5. The Morgan fingerprint density at radius 2 is 1.83 bits per heavy atom. The predicted molar refractivity (Wildman–Crippen MR) is 86.6 cm³/mol. The first-order valence-electron chi connectivity index (χ1n) is 6.97. The minimum absolute atomic E-state index is 0.197. The molecule has 0 saturated carbocycles. The summed E-state index contributed by atoms with van der Waals surface area (Å²) < 4.78 is 0. The highest BCUT2D eigenvalue weighted by Crippen LogP contribution is 2.32. The molecule has 116 valence electrons. The molecule has 3 rings (SSSR count). The number of anilines is 1. The van der Waals surface area contributed by atoms with Crippen LogP contribution >= 0.6 is 11.6 Å². The van der Waals surface area contributed by atoms with Gasteiger partial charge in [0, 0.05) is 16.4 Å². The zero-order chi connectivity index (χ0) is 16.6. The molecule has 1 aliphatic rings. The first-order valence-corrected chi connectivity index (χ1v) is 7.34. The van der Waals surface area contributed by atoms with Gasteiger partial charge in [-0.15, -0.1) is 0 Å². The number of nitrogens with one attached hydrogen (secondary N) is 1. The molecule has 2 aromatic rings. The van der Waals surface area contributed by atoms with Gasteiger partial charge < -0.3 is 5.11 Å². The molecule has 0 amide bonds. The smallest absolute Gasteiger partial charge is 0.247 e. The Morgan fingerprint density at radius 3 is 2.39 bits per heavy atom. The number of hydrogen-bond donors (Lipinski definition) is 2. The summed E-state index contributed by atoms with van der Waals surface area (Å²) in [7, 11) is 0. The van der Waals surface area contributed by atoms with E-state index >= 15 is 0 Å². The van der Waals surface area contributed by atoms with Crippen molar-refractivity contribution in [3.63, 3.8) is 0 Å². The molecule has 0 unspecified atom stereocenters. The molecule has 0 fully saturated rings. The fraction of sp³-hybridized carbons (Fsp3) is 0.188. The van der Waals surface area contributed by atoms with E-state index in [9.17, 15) is 10.4 Å². The van der Waals surface area contributed by atoms with Gasteiger partial charge in [0.1, 0.15) is 11.6 Å². The van der Waals surface area contributed by atoms with Crippen molar-refractivity contribution in [3.05, 3.63) is 63.8 Å². The third-order valence-electron chi connectivity index (χ3n) is 3.49. The summed E-state index contributed by atoms with van der Waals surface area (Å²) in [6.45, 7) is 3.69. The van der Waals surface area contributed by atoms with Crippen LogP contribution in [0.2, 0.25) is 5.02 Å². The van der Waals surface area contributed by atoms with Crippen LogP contribution in [0.5, 0.6) is 0 Å². The van der Waals surface area contributed by atoms with Crippen LogP contribution in [0.4, 0.5) is 5.95 Å². The van der Waals surface area contributed by atoms with Crippen LogP contribution in [-0.2, 0) is 0 Å². The van der Waals surface area contributed by atoms with E-state index < -0.39 is 6.04 Å². The molecule has 2 N–H and O–H groups in total. The molecule has 0 saturated heterocycles.